The molecule has 1 heterocycles. The molecule has 3 N–H and O–H groups in total. The smallest absolute Gasteiger partial charge is 0.251 e. The summed E-state index contributed by atoms with van der Waals surface area (Å²) in [5, 5.41) is 2.81. The molecule has 0 fully saturated rings. The second-order valence-corrected chi connectivity index (χ2v) is 4.35. The third-order valence-corrected chi connectivity index (χ3v) is 2.96. The Balaban J connectivity index is 2.00. The second kappa shape index (κ2) is 6.60. The van der Waals surface area contributed by atoms with Crippen LogP contribution in [0.1, 0.15) is 15.9 Å². The van der Waals surface area contributed by atoms with Gasteiger partial charge in [-0.25, -0.2) is 4.98 Å². The summed E-state index contributed by atoms with van der Waals surface area (Å²) in [5.74, 6) is 0.811. The molecule has 6 heteroatoms. The molecule has 0 saturated carbocycles. The average Bonchev–Trinajstić information content (AvgIpc) is 2.53. The van der Waals surface area contributed by atoms with Crippen LogP contribution in [0.3, 0.4) is 0 Å². The molecule has 21 heavy (non-hydrogen) atoms. The average molecular weight is 287 g/mol. The minimum absolute atomic E-state index is 0.205. The molecule has 110 valence electrons. The molecule has 0 aliphatic rings. The van der Waals surface area contributed by atoms with Gasteiger partial charge in [-0.05, 0) is 23.8 Å². The number of nitrogens with one attached hydrogen (secondary N) is 1. The molecule has 0 aliphatic carbocycles. The van der Waals surface area contributed by atoms with Gasteiger partial charge in [0.1, 0.15) is 5.75 Å². The standard InChI is InChI=1S/C15H17N3O3/c1-20-13-7-11(4-5-12(13)16)15(19)18-9-10-3-6-14(21-2)17-8-10/h3-8H,9,16H2,1-2H3,(H,18,19). The van der Waals surface area contributed by atoms with Crippen molar-refractivity contribution in [2.75, 3.05) is 20.0 Å². The number of pyridine rings is 1. The van der Waals surface area contributed by atoms with Gasteiger partial charge in [0, 0.05) is 24.4 Å². The van der Waals surface area contributed by atoms with Gasteiger partial charge in [0.15, 0.2) is 0 Å². The quantitative estimate of drug-likeness (QED) is 0.816. The number of aromatic nitrogens is 1. The van der Waals surface area contributed by atoms with E-state index in [4.69, 9.17) is 15.2 Å². The number of anilines is 1. The van der Waals surface area contributed by atoms with Crippen molar-refractivity contribution >= 4 is 11.6 Å². The van der Waals surface area contributed by atoms with Crippen LogP contribution in [0.2, 0.25) is 0 Å². The zero-order valence-electron chi connectivity index (χ0n) is 11.9. The number of carbonyl (C=O) groups is 1. The van der Waals surface area contributed by atoms with Crippen molar-refractivity contribution in [2.24, 2.45) is 0 Å². The van der Waals surface area contributed by atoms with E-state index < -0.39 is 0 Å². The highest BCUT2D eigenvalue weighted by atomic mass is 16.5. The largest absolute Gasteiger partial charge is 0.495 e. The Labute approximate surface area is 122 Å². The second-order valence-electron chi connectivity index (χ2n) is 4.35. The molecule has 0 atom stereocenters. The minimum atomic E-state index is -0.205. The third kappa shape index (κ3) is 3.62. The number of rotatable bonds is 5. The van der Waals surface area contributed by atoms with Crippen molar-refractivity contribution in [3.63, 3.8) is 0 Å². The van der Waals surface area contributed by atoms with Crippen LogP contribution in [0.4, 0.5) is 5.69 Å². The zero-order valence-corrected chi connectivity index (χ0v) is 11.9. The summed E-state index contributed by atoms with van der Waals surface area (Å²) >= 11 is 0. The van der Waals surface area contributed by atoms with E-state index in [9.17, 15) is 4.79 Å². The highest BCUT2D eigenvalue weighted by molar-refractivity contribution is 5.95. The Morgan fingerprint density at radius 2 is 2.05 bits per heavy atom. The number of nitrogen functional groups attached to an aromatic ring is 1. The number of nitrogens with two attached hydrogens (primary N) is 1. The number of nitrogens with zero attached hydrogens (tertiary/aromatic N) is 1. The van der Waals surface area contributed by atoms with Crippen LogP contribution < -0.4 is 20.5 Å². The maximum atomic E-state index is 12.1. The van der Waals surface area contributed by atoms with Crippen LogP contribution in [0.5, 0.6) is 11.6 Å². The summed E-state index contributed by atoms with van der Waals surface area (Å²) in [7, 11) is 3.06. The van der Waals surface area contributed by atoms with Gasteiger partial charge < -0.3 is 20.5 Å². The molecular formula is C15H17N3O3. The summed E-state index contributed by atoms with van der Waals surface area (Å²) in [6.07, 6.45) is 1.66. The number of amides is 1. The SMILES string of the molecule is COc1ccc(CNC(=O)c2ccc(N)c(OC)c2)cn1. The number of hydrogen-bond acceptors (Lipinski definition) is 5. The van der Waals surface area contributed by atoms with E-state index in [1.54, 1.807) is 37.6 Å². The van der Waals surface area contributed by atoms with E-state index in [0.29, 0.717) is 29.4 Å². The molecule has 0 bridgehead atoms. The fourth-order valence-corrected chi connectivity index (χ4v) is 1.77. The highest BCUT2D eigenvalue weighted by Gasteiger charge is 2.08. The Hall–Kier alpha value is -2.76. The van der Waals surface area contributed by atoms with E-state index in [1.165, 1.54) is 7.11 Å². The molecule has 0 spiro atoms. The first-order valence-electron chi connectivity index (χ1n) is 6.34. The van der Waals surface area contributed by atoms with E-state index in [-0.39, 0.29) is 5.91 Å². The fourth-order valence-electron chi connectivity index (χ4n) is 1.77. The summed E-state index contributed by atoms with van der Waals surface area (Å²) in [4.78, 5) is 16.1. The van der Waals surface area contributed by atoms with Crippen LogP contribution in [-0.4, -0.2) is 25.1 Å². The molecule has 1 aromatic heterocycles. The van der Waals surface area contributed by atoms with Gasteiger partial charge in [0.05, 0.1) is 19.9 Å². The van der Waals surface area contributed by atoms with Gasteiger partial charge in [0.25, 0.3) is 5.91 Å². The molecule has 6 nitrogen and oxygen atoms in total. The van der Waals surface area contributed by atoms with Crippen LogP contribution in [0.15, 0.2) is 36.5 Å². The molecular weight excluding hydrogens is 270 g/mol. The van der Waals surface area contributed by atoms with Gasteiger partial charge in [-0.2, -0.15) is 0 Å². The van der Waals surface area contributed by atoms with E-state index >= 15 is 0 Å². The molecule has 0 unspecified atom stereocenters. The van der Waals surface area contributed by atoms with Crippen molar-refractivity contribution in [3.8, 4) is 11.6 Å². The van der Waals surface area contributed by atoms with Crippen LogP contribution in [0.25, 0.3) is 0 Å². The van der Waals surface area contributed by atoms with Crippen LogP contribution in [-0.2, 0) is 6.54 Å². The number of carbonyl (C=O) groups excluding carboxylic acids is 1. The molecule has 1 aromatic carbocycles. The van der Waals surface area contributed by atoms with E-state index in [1.807, 2.05) is 6.07 Å². The van der Waals surface area contributed by atoms with Crippen molar-refractivity contribution in [1.29, 1.82) is 0 Å². The predicted molar refractivity (Wildman–Crippen MR) is 79.4 cm³/mol. The predicted octanol–water partition coefficient (Wildman–Crippen LogP) is 1.61. The maximum Gasteiger partial charge on any atom is 0.251 e. The highest BCUT2D eigenvalue weighted by Crippen LogP contribution is 2.22. The summed E-state index contributed by atoms with van der Waals surface area (Å²) in [6.45, 7) is 0.377. The summed E-state index contributed by atoms with van der Waals surface area (Å²) < 4.78 is 10.1. The number of methoxy groups -OCH3 is 2. The molecule has 2 aromatic rings. The molecule has 2 rings (SSSR count). The van der Waals surface area contributed by atoms with Crippen LogP contribution in [0, 0.1) is 0 Å². The number of ether oxygens (including phenoxy) is 2. The molecule has 0 saturated heterocycles. The fraction of sp³-hybridized carbons (Fsp3) is 0.200. The Morgan fingerprint density at radius 3 is 2.67 bits per heavy atom. The minimum Gasteiger partial charge on any atom is -0.495 e. The molecule has 0 aliphatic heterocycles. The van der Waals surface area contributed by atoms with Gasteiger partial charge in [-0.1, -0.05) is 6.07 Å². The summed E-state index contributed by atoms with van der Waals surface area (Å²) in [6, 6.07) is 8.49. The lowest BCUT2D eigenvalue weighted by molar-refractivity contribution is 0.0950. The Morgan fingerprint density at radius 1 is 1.24 bits per heavy atom. The van der Waals surface area contributed by atoms with Gasteiger partial charge >= 0.3 is 0 Å². The van der Waals surface area contributed by atoms with Crippen molar-refractivity contribution < 1.29 is 14.3 Å². The lowest BCUT2D eigenvalue weighted by Crippen LogP contribution is -2.22. The van der Waals surface area contributed by atoms with Gasteiger partial charge in [-0.3, -0.25) is 4.79 Å². The normalized spacial score (nSPS) is 10.0. The zero-order chi connectivity index (χ0) is 15.2. The third-order valence-electron chi connectivity index (χ3n) is 2.96. The first-order chi connectivity index (χ1) is 10.1. The first-order valence-corrected chi connectivity index (χ1v) is 6.34. The van der Waals surface area contributed by atoms with Crippen molar-refractivity contribution in [3.05, 3.63) is 47.7 Å². The van der Waals surface area contributed by atoms with Gasteiger partial charge in [0.2, 0.25) is 5.88 Å². The Kier molecular flexibility index (Phi) is 4.61. The Bertz CT molecular complexity index is 627. The molecule has 0 radical (unpaired) electrons. The summed E-state index contributed by atoms with van der Waals surface area (Å²) in [5.41, 5.74) is 7.58. The number of hydrogen-bond donors (Lipinski definition) is 2. The van der Waals surface area contributed by atoms with Crippen LogP contribution >= 0.6 is 0 Å². The first kappa shape index (κ1) is 14.6. The topological polar surface area (TPSA) is 86.5 Å². The van der Waals surface area contributed by atoms with Gasteiger partial charge in [-0.15, -0.1) is 0 Å². The lowest BCUT2D eigenvalue weighted by atomic mass is 10.1. The lowest BCUT2D eigenvalue weighted by Gasteiger charge is -2.08. The maximum absolute atomic E-state index is 12.1. The van der Waals surface area contributed by atoms with E-state index in [0.717, 1.165) is 5.56 Å². The number of benzene rings is 1. The van der Waals surface area contributed by atoms with Crippen molar-refractivity contribution in [2.45, 2.75) is 6.54 Å². The van der Waals surface area contributed by atoms with Crippen molar-refractivity contribution in [1.82, 2.24) is 10.3 Å². The monoisotopic (exact) mass is 287 g/mol. The van der Waals surface area contributed by atoms with E-state index in [2.05, 4.69) is 10.3 Å². The molecule has 1 amide bonds.